The monoisotopic (exact) mass is 381 g/mol. The van der Waals surface area contributed by atoms with Crippen LogP contribution in [0.3, 0.4) is 0 Å². The van der Waals surface area contributed by atoms with Gasteiger partial charge in [-0.15, -0.1) is 0 Å². The zero-order valence-corrected chi connectivity index (χ0v) is 14.7. The van der Waals surface area contributed by atoms with E-state index in [0.717, 1.165) is 0 Å². The molecular weight excluding hydrogens is 365 g/mol. The molecule has 2 N–H and O–H groups in total. The van der Waals surface area contributed by atoms with Gasteiger partial charge in [-0.2, -0.15) is 10.1 Å². The highest BCUT2D eigenvalue weighted by Gasteiger charge is 2.17. The fourth-order valence-electron chi connectivity index (χ4n) is 2.80. The maximum absolute atomic E-state index is 14.1. The van der Waals surface area contributed by atoms with Crippen molar-refractivity contribution < 1.29 is 19.1 Å². The molecule has 4 rings (SSSR count). The van der Waals surface area contributed by atoms with Gasteiger partial charge in [-0.05, 0) is 12.1 Å². The molecule has 0 radical (unpaired) electrons. The minimum Gasteiger partial charge on any atom is -0.493 e. The highest BCUT2D eigenvalue weighted by Crippen LogP contribution is 2.26. The lowest BCUT2D eigenvalue weighted by atomic mass is 10.2. The molecule has 0 amide bonds. The molecule has 142 valence electrons. The quantitative estimate of drug-likeness (QED) is 0.528. The summed E-state index contributed by atoms with van der Waals surface area (Å²) >= 11 is 0. The molecule has 9 heteroatoms. The van der Waals surface area contributed by atoms with Crippen LogP contribution in [0.1, 0.15) is 11.1 Å². The third-order valence-corrected chi connectivity index (χ3v) is 4.21. The van der Waals surface area contributed by atoms with E-state index in [1.807, 2.05) is 0 Å². The van der Waals surface area contributed by atoms with Gasteiger partial charge in [-0.1, -0.05) is 23.4 Å². The van der Waals surface area contributed by atoms with E-state index in [-0.39, 0.29) is 37.1 Å². The highest BCUT2D eigenvalue weighted by atomic mass is 19.1. The molecule has 0 bridgehead atoms. The van der Waals surface area contributed by atoms with Gasteiger partial charge in [0.25, 0.3) is 0 Å². The minimum atomic E-state index is -0.340. The van der Waals surface area contributed by atoms with E-state index in [1.54, 1.807) is 35.0 Å². The van der Waals surface area contributed by atoms with Gasteiger partial charge in [0.15, 0.2) is 5.82 Å². The van der Waals surface area contributed by atoms with Gasteiger partial charge < -0.3 is 14.7 Å². The van der Waals surface area contributed by atoms with E-state index in [9.17, 15) is 9.50 Å². The van der Waals surface area contributed by atoms with Crippen LogP contribution in [0.25, 0.3) is 22.9 Å². The van der Waals surface area contributed by atoms with Crippen molar-refractivity contribution in [2.75, 3.05) is 6.61 Å². The smallest absolute Gasteiger partial charge is 0.217 e. The van der Waals surface area contributed by atoms with Crippen molar-refractivity contribution in [3.63, 3.8) is 0 Å². The van der Waals surface area contributed by atoms with Crippen molar-refractivity contribution in [1.82, 2.24) is 24.9 Å². The number of hydrogen-bond acceptors (Lipinski definition) is 7. The van der Waals surface area contributed by atoms with Crippen molar-refractivity contribution in [2.24, 2.45) is 0 Å². The Balaban J connectivity index is 1.76. The van der Waals surface area contributed by atoms with Gasteiger partial charge >= 0.3 is 0 Å². The Labute approximate surface area is 158 Å². The molecule has 0 aliphatic heterocycles. The van der Waals surface area contributed by atoms with E-state index in [2.05, 4.69) is 20.2 Å². The van der Waals surface area contributed by atoms with Gasteiger partial charge in [0.1, 0.15) is 23.5 Å². The SMILES string of the molecule is OCCc1cnc(-c2cc(-c3ccon3)n(Cc3ccccc3F)n2)nc1O. The Morgan fingerprint density at radius 2 is 1.96 bits per heavy atom. The van der Waals surface area contributed by atoms with Gasteiger partial charge in [-0.3, -0.25) is 4.68 Å². The van der Waals surface area contributed by atoms with Crippen LogP contribution in [-0.4, -0.2) is 41.7 Å². The van der Waals surface area contributed by atoms with Gasteiger partial charge in [0, 0.05) is 36.4 Å². The van der Waals surface area contributed by atoms with Crippen LogP contribution >= 0.6 is 0 Å². The lowest BCUT2D eigenvalue weighted by molar-refractivity contribution is 0.296. The molecule has 0 aliphatic rings. The van der Waals surface area contributed by atoms with E-state index < -0.39 is 0 Å². The molecule has 4 aromatic rings. The van der Waals surface area contributed by atoms with E-state index >= 15 is 0 Å². The number of hydrogen-bond donors (Lipinski definition) is 2. The fourth-order valence-corrected chi connectivity index (χ4v) is 2.80. The summed E-state index contributed by atoms with van der Waals surface area (Å²) in [4.78, 5) is 8.27. The van der Waals surface area contributed by atoms with Crippen LogP contribution in [0.2, 0.25) is 0 Å². The number of rotatable bonds is 6. The Hall–Kier alpha value is -3.59. The van der Waals surface area contributed by atoms with Crippen LogP contribution in [0.5, 0.6) is 5.88 Å². The third kappa shape index (κ3) is 3.47. The molecule has 3 heterocycles. The summed E-state index contributed by atoms with van der Waals surface area (Å²) in [6.07, 6.45) is 3.12. The topological polar surface area (TPSA) is 110 Å². The molecular formula is C19H16FN5O3. The van der Waals surface area contributed by atoms with E-state index in [4.69, 9.17) is 9.63 Å². The molecule has 8 nitrogen and oxygen atoms in total. The normalized spacial score (nSPS) is 11.1. The number of benzene rings is 1. The molecule has 28 heavy (non-hydrogen) atoms. The summed E-state index contributed by atoms with van der Waals surface area (Å²) in [5.74, 6) is -0.352. The fraction of sp³-hybridized carbons (Fsp3) is 0.158. The largest absolute Gasteiger partial charge is 0.493 e. The summed E-state index contributed by atoms with van der Waals surface area (Å²) in [6, 6.07) is 9.79. The summed E-state index contributed by atoms with van der Waals surface area (Å²) in [7, 11) is 0. The van der Waals surface area contributed by atoms with Gasteiger partial charge in [-0.25, -0.2) is 9.37 Å². The second-order valence-electron chi connectivity index (χ2n) is 6.06. The highest BCUT2D eigenvalue weighted by molar-refractivity contribution is 5.62. The number of halogens is 1. The molecule has 0 unspecified atom stereocenters. The lowest BCUT2D eigenvalue weighted by Crippen LogP contribution is -2.06. The predicted octanol–water partition coefficient (Wildman–Crippen LogP) is 2.42. The van der Waals surface area contributed by atoms with Crippen LogP contribution in [0.15, 0.2) is 53.4 Å². The van der Waals surface area contributed by atoms with Crippen LogP contribution < -0.4 is 0 Å². The van der Waals surface area contributed by atoms with E-state index in [1.165, 1.54) is 18.5 Å². The van der Waals surface area contributed by atoms with Crippen molar-refractivity contribution in [2.45, 2.75) is 13.0 Å². The van der Waals surface area contributed by atoms with E-state index in [0.29, 0.717) is 28.2 Å². The number of aliphatic hydroxyl groups is 1. The number of aromatic hydroxyl groups is 1. The third-order valence-electron chi connectivity index (χ3n) is 4.21. The van der Waals surface area contributed by atoms with Crippen LogP contribution in [0.4, 0.5) is 4.39 Å². The van der Waals surface area contributed by atoms with Crippen LogP contribution in [0, 0.1) is 5.82 Å². The maximum atomic E-state index is 14.1. The zero-order chi connectivity index (χ0) is 19.5. The summed E-state index contributed by atoms with van der Waals surface area (Å²) in [5, 5.41) is 27.5. The Kier molecular flexibility index (Phi) is 4.81. The van der Waals surface area contributed by atoms with Crippen molar-refractivity contribution in [3.8, 4) is 28.8 Å². The lowest BCUT2D eigenvalue weighted by Gasteiger charge is -2.06. The average molecular weight is 381 g/mol. The first-order valence-electron chi connectivity index (χ1n) is 8.54. The average Bonchev–Trinajstić information content (AvgIpc) is 3.35. The number of nitrogens with zero attached hydrogens (tertiary/aromatic N) is 5. The Morgan fingerprint density at radius 3 is 2.68 bits per heavy atom. The van der Waals surface area contributed by atoms with Crippen molar-refractivity contribution in [3.05, 3.63) is 65.8 Å². The predicted molar refractivity (Wildman–Crippen MR) is 96.7 cm³/mol. The van der Waals surface area contributed by atoms with Gasteiger partial charge in [0.05, 0.1) is 12.2 Å². The van der Waals surface area contributed by atoms with Crippen molar-refractivity contribution >= 4 is 0 Å². The standard InChI is InChI=1S/C19H16FN5O3/c20-14-4-2-1-3-13(14)11-25-17(15-6-8-28-24-15)9-16(23-25)18-21-10-12(5-7-26)19(27)22-18/h1-4,6,8-10,26H,5,7,11H2,(H,21,22,27). The zero-order valence-electron chi connectivity index (χ0n) is 14.7. The molecule has 0 aliphatic carbocycles. The second kappa shape index (κ2) is 7.57. The van der Waals surface area contributed by atoms with Gasteiger partial charge in [0.2, 0.25) is 5.88 Å². The molecule has 3 aromatic heterocycles. The molecule has 0 fully saturated rings. The molecule has 0 atom stereocenters. The maximum Gasteiger partial charge on any atom is 0.217 e. The first-order chi connectivity index (χ1) is 13.7. The first-order valence-corrected chi connectivity index (χ1v) is 8.54. The molecule has 0 saturated heterocycles. The molecule has 0 spiro atoms. The molecule has 0 saturated carbocycles. The van der Waals surface area contributed by atoms with Crippen molar-refractivity contribution in [1.29, 1.82) is 0 Å². The Morgan fingerprint density at radius 1 is 1.11 bits per heavy atom. The minimum absolute atomic E-state index is 0.121. The summed E-state index contributed by atoms with van der Waals surface area (Å²) < 4.78 is 20.6. The first kappa shape index (κ1) is 17.8. The number of aliphatic hydroxyl groups excluding tert-OH is 1. The second-order valence-corrected chi connectivity index (χ2v) is 6.06. The van der Waals surface area contributed by atoms with Crippen LogP contribution in [-0.2, 0) is 13.0 Å². The Bertz CT molecular complexity index is 1090. The number of aromatic nitrogens is 5. The summed E-state index contributed by atoms with van der Waals surface area (Å²) in [6.45, 7) is 0.0489. The molecule has 1 aromatic carbocycles. The summed E-state index contributed by atoms with van der Waals surface area (Å²) in [5.41, 5.74) is 2.41.